The molecule has 7 nitrogen and oxygen atoms in total. The van der Waals surface area contributed by atoms with E-state index < -0.39 is 5.54 Å². The van der Waals surface area contributed by atoms with Crippen LogP contribution < -0.4 is 16.4 Å². The maximum Gasteiger partial charge on any atom is 0.244 e. The largest absolute Gasteiger partial charge is 0.381 e. The van der Waals surface area contributed by atoms with Crippen molar-refractivity contribution in [3.8, 4) is 0 Å². The van der Waals surface area contributed by atoms with Crippen LogP contribution in [0.5, 0.6) is 0 Å². The zero-order chi connectivity index (χ0) is 19.8. The van der Waals surface area contributed by atoms with Crippen molar-refractivity contribution in [3.05, 3.63) is 24.3 Å². The molecule has 2 aliphatic rings. The van der Waals surface area contributed by atoms with E-state index in [0.29, 0.717) is 38.3 Å². The molecular formula is C21H32N4O3. The number of nitrogens with zero attached hydrogens (tertiary/aromatic N) is 1. The summed E-state index contributed by atoms with van der Waals surface area (Å²) in [6.07, 6.45) is 7.17. The third kappa shape index (κ3) is 6.02. The smallest absolute Gasteiger partial charge is 0.244 e. The lowest BCUT2D eigenvalue weighted by atomic mass is 9.90. The van der Waals surface area contributed by atoms with Gasteiger partial charge in [0, 0.05) is 24.6 Å². The Balaban J connectivity index is 1.48. The lowest BCUT2D eigenvalue weighted by Gasteiger charge is -2.31. The molecule has 2 saturated heterocycles. The van der Waals surface area contributed by atoms with Gasteiger partial charge in [0.05, 0.1) is 6.54 Å². The standard InChI is InChI=1S/C21H32N4O3/c22-21(10-14-28-15-11-21)20(27)24-18-8-6-17(7-9-18)23-19(26)16-25-12-4-2-1-3-5-13-25/h6-9H,1-5,10-16,22H2,(H,23,26)(H,24,27). The van der Waals surface area contributed by atoms with E-state index >= 15 is 0 Å². The van der Waals surface area contributed by atoms with Crippen molar-refractivity contribution < 1.29 is 14.3 Å². The third-order valence-corrected chi connectivity index (χ3v) is 5.58. The average Bonchev–Trinajstić information content (AvgIpc) is 2.66. The molecular weight excluding hydrogens is 356 g/mol. The summed E-state index contributed by atoms with van der Waals surface area (Å²) in [6, 6.07) is 7.17. The first-order valence-electron chi connectivity index (χ1n) is 10.4. The number of benzene rings is 1. The molecule has 4 N–H and O–H groups in total. The zero-order valence-electron chi connectivity index (χ0n) is 16.5. The number of nitrogens with two attached hydrogens (primary N) is 1. The summed E-state index contributed by atoms with van der Waals surface area (Å²) in [4.78, 5) is 27.0. The van der Waals surface area contributed by atoms with E-state index in [-0.39, 0.29) is 11.8 Å². The molecule has 0 aliphatic carbocycles. The molecule has 0 spiro atoms. The summed E-state index contributed by atoms with van der Waals surface area (Å²) in [5.74, 6) is -0.190. The first kappa shape index (κ1) is 20.8. The number of hydrogen-bond acceptors (Lipinski definition) is 5. The van der Waals surface area contributed by atoms with Crippen LogP contribution in [0.25, 0.3) is 0 Å². The highest BCUT2D eigenvalue weighted by Crippen LogP contribution is 2.21. The van der Waals surface area contributed by atoms with Crippen LogP contribution >= 0.6 is 0 Å². The fourth-order valence-electron chi connectivity index (χ4n) is 3.73. The Bertz CT molecular complexity index is 648. The highest BCUT2D eigenvalue weighted by Gasteiger charge is 2.35. The van der Waals surface area contributed by atoms with Gasteiger partial charge in [-0.1, -0.05) is 19.3 Å². The summed E-state index contributed by atoms with van der Waals surface area (Å²) in [7, 11) is 0. The Morgan fingerprint density at radius 1 is 0.929 bits per heavy atom. The van der Waals surface area contributed by atoms with Crippen molar-refractivity contribution in [3.63, 3.8) is 0 Å². The van der Waals surface area contributed by atoms with Crippen molar-refractivity contribution in [2.75, 3.05) is 43.5 Å². The van der Waals surface area contributed by atoms with Gasteiger partial charge in [0.25, 0.3) is 0 Å². The van der Waals surface area contributed by atoms with Gasteiger partial charge < -0.3 is 21.1 Å². The summed E-state index contributed by atoms with van der Waals surface area (Å²) in [5.41, 5.74) is 6.72. The number of nitrogens with one attached hydrogen (secondary N) is 2. The van der Waals surface area contributed by atoms with Crippen molar-refractivity contribution in [2.45, 2.75) is 50.5 Å². The topological polar surface area (TPSA) is 96.7 Å². The molecule has 0 aromatic heterocycles. The number of hydrogen-bond donors (Lipinski definition) is 3. The number of carbonyl (C=O) groups excluding carboxylic acids is 2. The second-order valence-electron chi connectivity index (χ2n) is 7.89. The molecule has 154 valence electrons. The highest BCUT2D eigenvalue weighted by molar-refractivity contribution is 5.98. The maximum absolute atomic E-state index is 12.5. The summed E-state index contributed by atoms with van der Waals surface area (Å²) in [5, 5.41) is 5.81. The van der Waals surface area contributed by atoms with Gasteiger partial charge in [0.2, 0.25) is 11.8 Å². The normalized spacial score (nSPS) is 20.6. The van der Waals surface area contributed by atoms with Crippen molar-refractivity contribution in [1.29, 1.82) is 0 Å². The molecule has 2 heterocycles. The minimum Gasteiger partial charge on any atom is -0.381 e. The van der Waals surface area contributed by atoms with Gasteiger partial charge in [-0.25, -0.2) is 0 Å². The minimum atomic E-state index is -0.878. The molecule has 28 heavy (non-hydrogen) atoms. The van der Waals surface area contributed by atoms with Crippen LogP contribution in [0, 0.1) is 0 Å². The minimum absolute atomic E-state index is 0.000441. The predicted octanol–water partition coefficient (Wildman–Crippen LogP) is 2.34. The van der Waals surface area contributed by atoms with Crippen LogP contribution in [0.3, 0.4) is 0 Å². The van der Waals surface area contributed by atoms with E-state index in [1.165, 1.54) is 19.3 Å². The number of amides is 2. The lowest BCUT2D eigenvalue weighted by Crippen LogP contribution is -2.54. The Hall–Kier alpha value is -1.96. The second-order valence-corrected chi connectivity index (χ2v) is 7.89. The quantitative estimate of drug-likeness (QED) is 0.719. The SMILES string of the molecule is NC1(C(=O)Nc2ccc(NC(=O)CN3CCCCCCC3)cc2)CCOCC1. The molecule has 1 aromatic carbocycles. The molecule has 1 aromatic rings. The molecule has 2 fully saturated rings. The zero-order valence-corrected chi connectivity index (χ0v) is 16.5. The van der Waals surface area contributed by atoms with Crippen LogP contribution in [0.1, 0.15) is 44.9 Å². The van der Waals surface area contributed by atoms with Gasteiger partial charge in [-0.15, -0.1) is 0 Å². The fourth-order valence-corrected chi connectivity index (χ4v) is 3.73. The van der Waals surface area contributed by atoms with Gasteiger partial charge in [0.1, 0.15) is 5.54 Å². The number of rotatable bonds is 5. The van der Waals surface area contributed by atoms with Crippen LogP contribution in [0.2, 0.25) is 0 Å². The maximum atomic E-state index is 12.5. The van der Waals surface area contributed by atoms with E-state index in [4.69, 9.17) is 10.5 Å². The molecule has 2 amide bonds. The van der Waals surface area contributed by atoms with Gasteiger partial charge in [0.15, 0.2) is 0 Å². The van der Waals surface area contributed by atoms with Gasteiger partial charge in [-0.05, 0) is 63.0 Å². The van der Waals surface area contributed by atoms with Crippen LogP contribution in [0.15, 0.2) is 24.3 Å². The van der Waals surface area contributed by atoms with E-state index in [1.807, 2.05) is 0 Å². The molecule has 3 rings (SSSR count). The van der Waals surface area contributed by atoms with Gasteiger partial charge in [-0.3, -0.25) is 14.5 Å². The molecule has 0 saturated carbocycles. The number of likely N-dealkylation sites (tertiary alicyclic amines) is 1. The highest BCUT2D eigenvalue weighted by atomic mass is 16.5. The first-order chi connectivity index (χ1) is 13.5. The Labute approximate surface area is 167 Å². The fraction of sp³-hybridized carbons (Fsp3) is 0.619. The number of anilines is 2. The molecule has 0 atom stereocenters. The molecule has 0 unspecified atom stereocenters. The average molecular weight is 389 g/mol. The molecule has 0 bridgehead atoms. The van der Waals surface area contributed by atoms with Crippen molar-refractivity contribution in [2.24, 2.45) is 5.73 Å². The summed E-state index contributed by atoms with van der Waals surface area (Å²) in [6.45, 7) is 3.42. The number of carbonyl (C=O) groups is 2. The molecule has 7 heteroatoms. The Kier molecular flexibility index (Phi) is 7.42. The van der Waals surface area contributed by atoms with Crippen molar-refractivity contribution >= 4 is 23.2 Å². The Morgan fingerprint density at radius 2 is 1.46 bits per heavy atom. The monoisotopic (exact) mass is 388 g/mol. The van der Waals surface area contributed by atoms with Gasteiger partial charge >= 0.3 is 0 Å². The molecule has 2 aliphatic heterocycles. The van der Waals surface area contributed by atoms with Crippen LogP contribution in [0.4, 0.5) is 11.4 Å². The number of ether oxygens (including phenoxy) is 1. The third-order valence-electron chi connectivity index (χ3n) is 5.58. The predicted molar refractivity (Wildman–Crippen MR) is 110 cm³/mol. The van der Waals surface area contributed by atoms with E-state index in [0.717, 1.165) is 31.6 Å². The van der Waals surface area contributed by atoms with Crippen LogP contribution in [-0.2, 0) is 14.3 Å². The molecule has 0 radical (unpaired) electrons. The van der Waals surface area contributed by atoms with Crippen molar-refractivity contribution in [1.82, 2.24) is 4.90 Å². The second kappa shape index (κ2) is 10.0. The summed E-state index contributed by atoms with van der Waals surface area (Å²) < 4.78 is 5.28. The van der Waals surface area contributed by atoms with Gasteiger partial charge in [-0.2, -0.15) is 0 Å². The van der Waals surface area contributed by atoms with E-state index in [1.54, 1.807) is 24.3 Å². The first-order valence-corrected chi connectivity index (χ1v) is 10.4. The van der Waals surface area contributed by atoms with Crippen LogP contribution in [-0.4, -0.2) is 55.1 Å². The van der Waals surface area contributed by atoms with E-state index in [9.17, 15) is 9.59 Å². The summed E-state index contributed by atoms with van der Waals surface area (Å²) >= 11 is 0. The van der Waals surface area contributed by atoms with E-state index in [2.05, 4.69) is 15.5 Å². The lowest BCUT2D eigenvalue weighted by molar-refractivity contribution is -0.124. The Morgan fingerprint density at radius 3 is 2.07 bits per heavy atom.